The van der Waals surface area contributed by atoms with Crippen molar-refractivity contribution in [3.63, 3.8) is 0 Å². The number of piperazine rings is 1. The Labute approximate surface area is 124 Å². The van der Waals surface area contributed by atoms with Crippen LogP contribution in [-0.2, 0) is 4.79 Å². The molecule has 0 radical (unpaired) electrons. The lowest BCUT2D eigenvalue weighted by atomic mass is 10.2. The Hall–Kier alpha value is -1.93. The van der Waals surface area contributed by atoms with Crippen molar-refractivity contribution in [1.29, 1.82) is 5.26 Å². The molecular formula is C15H17N3OS. The van der Waals surface area contributed by atoms with Crippen LogP contribution < -0.4 is 4.90 Å². The predicted octanol–water partition coefficient (Wildman–Crippen LogP) is 2.04. The molecule has 1 fully saturated rings. The molecule has 1 heterocycles. The van der Waals surface area contributed by atoms with Gasteiger partial charge in [-0.25, -0.2) is 0 Å². The molecular weight excluding hydrogens is 270 g/mol. The van der Waals surface area contributed by atoms with Gasteiger partial charge < -0.3 is 9.80 Å². The number of nitrogens with zero attached hydrogens (tertiary/aromatic N) is 3. The number of benzene rings is 1. The Bertz CT molecular complexity index is 547. The molecule has 1 aromatic rings. The third-order valence-electron chi connectivity index (χ3n) is 3.29. The van der Waals surface area contributed by atoms with E-state index in [0.29, 0.717) is 18.7 Å². The minimum Gasteiger partial charge on any atom is -0.368 e. The highest BCUT2D eigenvalue weighted by Gasteiger charge is 2.19. The van der Waals surface area contributed by atoms with Crippen molar-refractivity contribution < 1.29 is 4.79 Å². The molecule has 0 bridgehead atoms. The van der Waals surface area contributed by atoms with Crippen LogP contribution in [0, 0.1) is 11.3 Å². The fourth-order valence-electron chi connectivity index (χ4n) is 2.20. The number of carbonyl (C=O) groups excluding carboxylic acids is 1. The first-order valence-corrected chi connectivity index (χ1v) is 6.96. The third-order valence-corrected chi connectivity index (χ3v) is 3.41. The smallest absolute Gasteiger partial charge is 0.247 e. The highest BCUT2D eigenvalue weighted by molar-refractivity contribution is 7.84. The van der Waals surface area contributed by atoms with Crippen LogP contribution in [0.3, 0.4) is 0 Å². The summed E-state index contributed by atoms with van der Waals surface area (Å²) in [5.74, 6) is 0.0250. The van der Waals surface area contributed by atoms with E-state index >= 15 is 0 Å². The van der Waals surface area contributed by atoms with Crippen LogP contribution in [0.2, 0.25) is 0 Å². The summed E-state index contributed by atoms with van der Waals surface area (Å²) in [6, 6.07) is 9.66. The summed E-state index contributed by atoms with van der Waals surface area (Å²) in [6.07, 6.45) is 1.56. The molecule has 0 aromatic heterocycles. The van der Waals surface area contributed by atoms with E-state index < -0.39 is 0 Å². The van der Waals surface area contributed by atoms with Gasteiger partial charge in [-0.3, -0.25) is 4.79 Å². The van der Waals surface area contributed by atoms with Crippen molar-refractivity contribution in [1.82, 2.24) is 4.90 Å². The lowest BCUT2D eigenvalue weighted by Crippen LogP contribution is -2.48. The van der Waals surface area contributed by atoms with Gasteiger partial charge in [0.05, 0.1) is 11.6 Å². The summed E-state index contributed by atoms with van der Waals surface area (Å²) < 4.78 is 0. The van der Waals surface area contributed by atoms with Crippen molar-refractivity contribution in [2.45, 2.75) is 6.92 Å². The Morgan fingerprint density at radius 1 is 1.25 bits per heavy atom. The number of anilines is 1. The Morgan fingerprint density at radius 3 is 2.35 bits per heavy atom. The minimum atomic E-state index is 0.0250. The Morgan fingerprint density at radius 2 is 1.85 bits per heavy atom. The maximum absolute atomic E-state index is 11.9. The van der Waals surface area contributed by atoms with Crippen LogP contribution in [0.25, 0.3) is 0 Å². The fourth-order valence-corrected chi connectivity index (χ4v) is 2.31. The molecule has 20 heavy (non-hydrogen) atoms. The first-order chi connectivity index (χ1) is 9.60. The molecule has 1 aliphatic rings. The van der Waals surface area contributed by atoms with E-state index in [2.05, 4.69) is 23.6 Å². The number of thiol groups is 1. The van der Waals surface area contributed by atoms with E-state index in [9.17, 15) is 4.79 Å². The molecule has 4 nitrogen and oxygen atoms in total. The fraction of sp³-hybridized carbons (Fsp3) is 0.333. The number of hydrogen-bond donors (Lipinski definition) is 1. The standard InChI is InChI=1S/C15H17N3OS/c1-12(20)10-15(19)18-8-6-17(7-9-18)14-4-2-13(11-16)3-5-14/h2-5,10,20H,6-9H2,1H3/b12-10+. The van der Waals surface area contributed by atoms with Gasteiger partial charge in [0.2, 0.25) is 5.91 Å². The van der Waals surface area contributed by atoms with Gasteiger partial charge in [0.15, 0.2) is 0 Å². The first-order valence-electron chi connectivity index (χ1n) is 6.51. The van der Waals surface area contributed by atoms with E-state index in [1.807, 2.05) is 29.2 Å². The van der Waals surface area contributed by atoms with Crippen molar-refractivity contribution >= 4 is 24.2 Å². The molecule has 1 amide bonds. The summed E-state index contributed by atoms with van der Waals surface area (Å²) >= 11 is 4.13. The van der Waals surface area contributed by atoms with Gasteiger partial charge in [-0.1, -0.05) is 0 Å². The highest BCUT2D eigenvalue weighted by atomic mass is 32.1. The maximum Gasteiger partial charge on any atom is 0.247 e. The largest absolute Gasteiger partial charge is 0.368 e. The van der Waals surface area contributed by atoms with Crippen LogP contribution >= 0.6 is 12.6 Å². The molecule has 1 aliphatic heterocycles. The topological polar surface area (TPSA) is 47.3 Å². The summed E-state index contributed by atoms with van der Waals surface area (Å²) in [5, 5.41) is 8.79. The quantitative estimate of drug-likeness (QED) is 0.669. The first kappa shape index (κ1) is 14.5. The minimum absolute atomic E-state index is 0.0250. The molecule has 1 saturated heterocycles. The highest BCUT2D eigenvalue weighted by Crippen LogP contribution is 2.17. The normalized spacial score (nSPS) is 15.9. The third kappa shape index (κ3) is 3.55. The van der Waals surface area contributed by atoms with Gasteiger partial charge in [-0.05, 0) is 36.1 Å². The number of amides is 1. The van der Waals surface area contributed by atoms with Gasteiger partial charge in [-0.15, -0.1) is 12.6 Å². The molecule has 0 unspecified atom stereocenters. The second-order valence-corrected chi connectivity index (χ2v) is 5.46. The molecule has 0 saturated carbocycles. The van der Waals surface area contributed by atoms with E-state index in [1.165, 1.54) is 0 Å². The number of carbonyl (C=O) groups is 1. The number of rotatable bonds is 2. The number of nitriles is 1. The molecule has 2 rings (SSSR count). The van der Waals surface area contributed by atoms with Gasteiger partial charge in [0, 0.05) is 37.9 Å². The summed E-state index contributed by atoms with van der Waals surface area (Å²) in [5.41, 5.74) is 1.76. The second kappa shape index (κ2) is 6.49. The molecule has 0 N–H and O–H groups in total. The number of allylic oxidation sites excluding steroid dienone is 1. The maximum atomic E-state index is 11.9. The molecule has 0 aliphatic carbocycles. The Kier molecular flexibility index (Phi) is 4.70. The van der Waals surface area contributed by atoms with E-state index in [0.717, 1.165) is 23.7 Å². The molecule has 104 valence electrons. The van der Waals surface area contributed by atoms with Crippen LogP contribution in [0.15, 0.2) is 35.2 Å². The molecule has 0 atom stereocenters. The zero-order valence-electron chi connectivity index (χ0n) is 11.4. The molecule has 5 heteroatoms. The predicted molar refractivity (Wildman–Crippen MR) is 82.7 cm³/mol. The van der Waals surface area contributed by atoms with Crippen molar-refractivity contribution in [3.8, 4) is 6.07 Å². The van der Waals surface area contributed by atoms with Crippen LogP contribution in [0.1, 0.15) is 12.5 Å². The average molecular weight is 287 g/mol. The number of hydrogen-bond acceptors (Lipinski definition) is 4. The van der Waals surface area contributed by atoms with Gasteiger partial charge in [0.25, 0.3) is 0 Å². The summed E-state index contributed by atoms with van der Waals surface area (Å²) in [7, 11) is 0. The lowest BCUT2D eigenvalue weighted by molar-refractivity contribution is -0.126. The van der Waals surface area contributed by atoms with Crippen molar-refractivity contribution in [2.24, 2.45) is 0 Å². The van der Waals surface area contributed by atoms with Gasteiger partial charge >= 0.3 is 0 Å². The monoisotopic (exact) mass is 287 g/mol. The zero-order chi connectivity index (χ0) is 14.5. The van der Waals surface area contributed by atoms with E-state index in [1.54, 1.807) is 13.0 Å². The summed E-state index contributed by atoms with van der Waals surface area (Å²) in [6.45, 7) is 4.81. The van der Waals surface area contributed by atoms with Crippen LogP contribution in [0.4, 0.5) is 5.69 Å². The zero-order valence-corrected chi connectivity index (χ0v) is 12.3. The van der Waals surface area contributed by atoms with E-state index in [4.69, 9.17) is 5.26 Å². The molecule has 1 aromatic carbocycles. The van der Waals surface area contributed by atoms with Gasteiger partial charge in [0.1, 0.15) is 0 Å². The average Bonchev–Trinajstić information content (AvgIpc) is 2.47. The van der Waals surface area contributed by atoms with Crippen molar-refractivity contribution in [2.75, 3.05) is 31.1 Å². The van der Waals surface area contributed by atoms with Gasteiger partial charge in [-0.2, -0.15) is 5.26 Å². The van der Waals surface area contributed by atoms with E-state index in [-0.39, 0.29) is 5.91 Å². The molecule has 0 spiro atoms. The SMILES string of the molecule is C/C(S)=C\C(=O)N1CCN(c2ccc(C#N)cc2)CC1. The second-order valence-electron chi connectivity index (χ2n) is 4.76. The summed E-state index contributed by atoms with van der Waals surface area (Å²) in [4.78, 5) is 16.7. The van der Waals surface area contributed by atoms with Crippen molar-refractivity contribution in [3.05, 3.63) is 40.8 Å². The van der Waals surface area contributed by atoms with Crippen LogP contribution in [0.5, 0.6) is 0 Å². The Balaban J connectivity index is 1.95. The lowest BCUT2D eigenvalue weighted by Gasteiger charge is -2.35. The van der Waals surface area contributed by atoms with Crippen LogP contribution in [-0.4, -0.2) is 37.0 Å².